The van der Waals surface area contributed by atoms with Crippen molar-refractivity contribution >= 4 is 0 Å². The molecule has 2 N–H and O–H groups in total. The second-order valence-corrected chi connectivity index (χ2v) is 5.39. The van der Waals surface area contributed by atoms with Crippen LogP contribution in [0.2, 0.25) is 0 Å². The molecule has 4 heteroatoms. The summed E-state index contributed by atoms with van der Waals surface area (Å²) in [6, 6.07) is 0. The van der Waals surface area contributed by atoms with Crippen molar-refractivity contribution in [3.05, 3.63) is 0 Å². The van der Waals surface area contributed by atoms with Crippen molar-refractivity contribution in [2.75, 3.05) is 53.9 Å². The van der Waals surface area contributed by atoms with Crippen molar-refractivity contribution in [2.45, 2.75) is 25.4 Å². The molecule has 0 aromatic rings. The second kappa shape index (κ2) is 8.03. The SMILES string of the molecule is COC(CN)CCN(C)CC1CCN(C)CC1. The number of hydrogen-bond donors (Lipinski definition) is 1. The molecule has 0 spiro atoms. The van der Waals surface area contributed by atoms with Gasteiger partial charge in [0.1, 0.15) is 0 Å². The summed E-state index contributed by atoms with van der Waals surface area (Å²) in [5, 5.41) is 0. The number of hydrogen-bond acceptors (Lipinski definition) is 4. The van der Waals surface area contributed by atoms with E-state index >= 15 is 0 Å². The van der Waals surface area contributed by atoms with Gasteiger partial charge in [0.05, 0.1) is 6.10 Å². The number of methoxy groups -OCH3 is 1. The first-order valence-corrected chi connectivity index (χ1v) is 6.75. The van der Waals surface area contributed by atoms with Gasteiger partial charge in [0.15, 0.2) is 0 Å². The molecular weight excluding hydrogens is 214 g/mol. The van der Waals surface area contributed by atoms with Crippen LogP contribution in [-0.4, -0.2) is 69.8 Å². The van der Waals surface area contributed by atoms with Gasteiger partial charge in [0.2, 0.25) is 0 Å². The molecule has 1 aliphatic rings. The Morgan fingerprint density at radius 2 is 2.06 bits per heavy atom. The number of rotatable bonds is 7. The molecule has 0 radical (unpaired) electrons. The lowest BCUT2D eigenvalue weighted by Crippen LogP contribution is -2.37. The minimum Gasteiger partial charge on any atom is -0.380 e. The molecule has 1 unspecified atom stereocenters. The first-order chi connectivity index (χ1) is 8.15. The number of likely N-dealkylation sites (tertiary alicyclic amines) is 1. The fourth-order valence-corrected chi connectivity index (χ4v) is 2.47. The standard InChI is InChI=1S/C13H29N3O/c1-15-7-4-12(5-8-15)11-16(2)9-6-13(10-14)17-3/h12-13H,4-11,14H2,1-3H3. The highest BCUT2D eigenvalue weighted by atomic mass is 16.5. The van der Waals surface area contributed by atoms with E-state index in [0.29, 0.717) is 6.54 Å². The molecule has 1 saturated heterocycles. The minimum atomic E-state index is 0.218. The van der Waals surface area contributed by atoms with Crippen LogP contribution in [0, 0.1) is 5.92 Å². The smallest absolute Gasteiger partial charge is 0.0705 e. The molecule has 0 saturated carbocycles. The molecule has 1 rings (SSSR count). The summed E-state index contributed by atoms with van der Waals surface area (Å²) in [7, 11) is 6.17. The normalized spacial score (nSPS) is 21.0. The van der Waals surface area contributed by atoms with E-state index in [9.17, 15) is 0 Å². The van der Waals surface area contributed by atoms with Crippen LogP contribution in [0.4, 0.5) is 0 Å². The van der Waals surface area contributed by atoms with Gasteiger partial charge in [-0.05, 0) is 52.4 Å². The summed E-state index contributed by atoms with van der Waals surface area (Å²) in [5.74, 6) is 0.870. The van der Waals surface area contributed by atoms with Crippen molar-refractivity contribution in [2.24, 2.45) is 11.7 Å². The third kappa shape index (κ3) is 5.82. The maximum absolute atomic E-state index is 5.62. The van der Waals surface area contributed by atoms with E-state index in [2.05, 4.69) is 23.9 Å². The quantitative estimate of drug-likeness (QED) is 0.712. The molecule has 1 atom stereocenters. The molecule has 1 heterocycles. The molecule has 1 fully saturated rings. The largest absolute Gasteiger partial charge is 0.380 e. The third-order valence-corrected chi connectivity index (χ3v) is 3.84. The van der Waals surface area contributed by atoms with Crippen LogP contribution < -0.4 is 5.73 Å². The predicted octanol–water partition coefficient (Wildman–Crippen LogP) is 0.624. The summed E-state index contributed by atoms with van der Waals surface area (Å²) >= 11 is 0. The molecule has 1 aliphatic heterocycles. The Balaban J connectivity index is 2.14. The summed E-state index contributed by atoms with van der Waals surface area (Å²) in [6.45, 7) is 5.43. The zero-order valence-corrected chi connectivity index (χ0v) is 11.7. The highest BCUT2D eigenvalue weighted by molar-refractivity contribution is 4.73. The van der Waals surface area contributed by atoms with E-state index in [1.807, 2.05) is 0 Å². The van der Waals surface area contributed by atoms with Crippen LogP contribution in [0.3, 0.4) is 0 Å². The Kier molecular flexibility index (Phi) is 7.04. The van der Waals surface area contributed by atoms with E-state index in [0.717, 1.165) is 18.9 Å². The molecule has 0 amide bonds. The van der Waals surface area contributed by atoms with E-state index in [1.54, 1.807) is 7.11 Å². The van der Waals surface area contributed by atoms with Gasteiger partial charge < -0.3 is 20.3 Å². The number of nitrogens with zero attached hydrogens (tertiary/aromatic N) is 2. The fraction of sp³-hybridized carbons (Fsp3) is 1.00. The number of nitrogens with two attached hydrogens (primary N) is 1. The Hall–Kier alpha value is -0.160. The van der Waals surface area contributed by atoms with Gasteiger partial charge in [0, 0.05) is 26.7 Å². The highest BCUT2D eigenvalue weighted by Gasteiger charge is 2.18. The van der Waals surface area contributed by atoms with E-state index < -0.39 is 0 Å². The van der Waals surface area contributed by atoms with Crippen molar-refractivity contribution in [3.63, 3.8) is 0 Å². The van der Waals surface area contributed by atoms with Crippen LogP contribution in [0.1, 0.15) is 19.3 Å². The number of ether oxygens (including phenoxy) is 1. The van der Waals surface area contributed by atoms with Gasteiger partial charge in [-0.25, -0.2) is 0 Å². The summed E-state index contributed by atoms with van der Waals surface area (Å²) in [5.41, 5.74) is 5.62. The van der Waals surface area contributed by atoms with Crippen molar-refractivity contribution < 1.29 is 4.74 Å². The topological polar surface area (TPSA) is 41.7 Å². The maximum Gasteiger partial charge on any atom is 0.0705 e. The molecule has 4 nitrogen and oxygen atoms in total. The van der Waals surface area contributed by atoms with Gasteiger partial charge in [0.25, 0.3) is 0 Å². The van der Waals surface area contributed by atoms with Crippen LogP contribution in [0.25, 0.3) is 0 Å². The monoisotopic (exact) mass is 243 g/mol. The zero-order valence-electron chi connectivity index (χ0n) is 11.7. The van der Waals surface area contributed by atoms with Crippen LogP contribution in [-0.2, 0) is 4.74 Å². The van der Waals surface area contributed by atoms with Crippen LogP contribution in [0.5, 0.6) is 0 Å². The average Bonchev–Trinajstić information content (AvgIpc) is 2.33. The molecule has 17 heavy (non-hydrogen) atoms. The molecule has 0 bridgehead atoms. The predicted molar refractivity (Wildman–Crippen MR) is 72.2 cm³/mol. The van der Waals surface area contributed by atoms with Crippen LogP contribution in [0.15, 0.2) is 0 Å². The lowest BCUT2D eigenvalue weighted by Gasteiger charge is -2.32. The van der Waals surface area contributed by atoms with Gasteiger partial charge in [-0.2, -0.15) is 0 Å². The summed E-state index contributed by atoms with van der Waals surface area (Å²) < 4.78 is 5.30. The first kappa shape index (κ1) is 14.9. The minimum absolute atomic E-state index is 0.218. The van der Waals surface area contributed by atoms with Gasteiger partial charge in [-0.3, -0.25) is 0 Å². The fourth-order valence-electron chi connectivity index (χ4n) is 2.47. The highest BCUT2D eigenvalue weighted by Crippen LogP contribution is 2.16. The van der Waals surface area contributed by atoms with E-state index in [1.165, 1.54) is 32.5 Å². The Bertz CT molecular complexity index is 189. The zero-order chi connectivity index (χ0) is 12.7. The summed E-state index contributed by atoms with van der Waals surface area (Å²) in [4.78, 5) is 4.85. The van der Waals surface area contributed by atoms with Crippen LogP contribution >= 0.6 is 0 Å². The Morgan fingerprint density at radius 1 is 1.41 bits per heavy atom. The first-order valence-electron chi connectivity index (χ1n) is 6.75. The van der Waals surface area contributed by atoms with Crippen molar-refractivity contribution in [3.8, 4) is 0 Å². The summed E-state index contributed by atoms with van der Waals surface area (Å²) in [6.07, 6.45) is 3.93. The molecule has 102 valence electrons. The second-order valence-electron chi connectivity index (χ2n) is 5.39. The van der Waals surface area contributed by atoms with Crippen molar-refractivity contribution in [1.29, 1.82) is 0 Å². The molecular formula is C13H29N3O. The van der Waals surface area contributed by atoms with E-state index in [-0.39, 0.29) is 6.10 Å². The van der Waals surface area contributed by atoms with Gasteiger partial charge in [-0.15, -0.1) is 0 Å². The third-order valence-electron chi connectivity index (χ3n) is 3.84. The maximum atomic E-state index is 5.62. The lowest BCUT2D eigenvalue weighted by atomic mass is 9.96. The Morgan fingerprint density at radius 3 is 2.59 bits per heavy atom. The molecule has 0 aliphatic carbocycles. The molecule has 0 aromatic carbocycles. The van der Waals surface area contributed by atoms with Gasteiger partial charge >= 0.3 is 0 Å². The number of piperidine rings is 1. The van der Waals surface area contributed by atoms with E-state index in [4.69, 9.17) is 10.5 Å². The lowest BCUT2D eigenvalue weighted by molar-refractivity contribution is 0.0882. The van der Waals surface area contributed by atoms with Crippen molar-refractivity contribution in [1.82, 2.24) is 9.80 Å². The average molecular weight is 243 g/mol. The van der Waals surface area contributed by atoms with Gasteiger partial charge in [-0.1, -0.05) is 0 Å². The Labute approximate surface area is 106 Å². The molecule has 0 aromatic heterocycles.